The van der Waals surface area contributed by atoms with Crippen molar-refractivity contribution in [3.63, 3.8) is 0 Å². The number of benzene rings is 2. The number of alkyl halides is 3. The van der Waals surface area contributed by atoms with Crippen molar-refractivity contribution in [2.75, 3.05) is 6.54 Å². The molecule has 184 valence electrons. The van der Waals surface area contributed by atoms with E-state index in [1.54, 1.807) is 17.0 Å². The standard InChI is InChI=1S/C26H24F4N2O2S/c1-17-11-12-35-23(17)15-31(14-18-5-7-21(27)8-6-18)24(33)16-32(22-9-10-22)25(34)19-3-2-4-20(13-19)26(28,29)30/h2-8,11-13,22H,9-10,14-16H2,1H3. The number of carbonyl (C=O) groups excluding carboxylic acids is 2. The lowest BCUT2D eigenvalue weighted by molar-refractivity contribution is -0.137. The Bertz CT molecular complexity index is 1200. The molecule has 1 aromatic heterocycles. The van der Waals surface area contributed by atoms with E-state index in [0.29, 0.717) is 19.4 Å². The second-order valence-corrected chi connectivity index (χ2v) is 9.65. The molecule has 3 aromatic rings. The van der Waals surface area contributed by atoms with Crippen molar-refractivity contribution < 1.29 is 27.2 Å². The zero-order valence-electron chi connectivity index (χ0n) is 19.0. The number of carbonyl (C=O) groups is 2. The first-order valence-corrected chi connectivity index (χ1v) is 12.0. The van der Waals surface area contributed by atoms with Crippen LogP contribution in [0.4, 0.5) is 17.6 Å². The number of hydrogen-bond acceptors (Lipinski definition) is 3. The third-order valence-corrected chi connectivity index (χ3v) is 6.94. The van der Waals surface area contributed by atoms with E-state index in [2.05, 4.69) is 0 Å². The maximum absolute atomic E-state index is 13.4. The Morgan fingerprint density at radius 3 is 2.34 bits per heavy atom. The average molecular weight is 505 g/mol. The molecular formula is C26H24F4N2O2S. The normalized spacial score (nSPS) is 13.5. The van der Waals surface area contributed by atoms with Crippen molar-refractivity contribution in [3.05, 3.63) is 92.9 Å². The topological polar surface area (TPSA) is 40.6 Å². The quantitative estimate of drug-likeness (QED) is 0.351. The van der Waals surface area contributed by atoms with E-state index < -0.39 is 17.6 Å². The average Bonchev–Trinajstić information content (AvgIpc) is 3.59. The van der Waals surface area contributed by atoms with Gasteiger partial charge in [-0.25, -0.2) is 4.39 Å². The summed E-state index contributed by atoms with van der Waals surface area (Å²) in [5, 5.41) is 1.93. The Morgan fingerprint density at radius 2 is 1.74 bits per heavy atom. The summed E-state index contributed by atoms with van der Waals surface area (Å²) in [6, 6.07) is 11.9. The van der Waals surface area contributed by atoms with Crippen LogP contribution in [0.5, 0.6) is 0 Å². The minimum Gasteiger partial charge on any atom is -0.332 e. The zero-order valence-corrected chi connectivity index (χ0v) is 19.8. The molecule has 0 bridgehead atoms. The fraction of sp³-hybridized carbons (Fsp3) is 0.308. The van der Waals surface area contributed by atoms with Crippen LogP contribution in [0.15, 0.2) is 60.0 Å². The van der Waals surface area contributed by atoms with Crippen molar-refractivity contribution in [2.24, 2.45) is 0 Å². The van der Waals surface area contributed by atoms with Crippen LogP contribution >= 0.6 is 11.3 Å². The molecule has 4 rings (SSSR count). The summed E-state index contributed by atoms with van der Waals surface area (Å²) in [5.41, 5.74) is 0.761. The van der Waals surface area contributed by atoms with Crippen molar-refractivity contribution in [3.8, 4) is 0 Å². The molecule has 0 spiro atoms. The van der Waals surface area contributed by atoms with Crippen LogP contribution in [0.1, 0.15) is 44.8 Å². The van der Waals surface area contributed by atoms with Crippen LogP contribution in [-0.2, 0) is 24.1 Å². The third kappa shape index (κ3) is 6.28. The Hall–Kier alpha value is -3.20. The molecule has 1 aliphatic carbocycles. The highest BCUT2D eigenvalue weighted by molar-refractivity contribution is 7.10. The molecule has 4 nitrogen and oxygen atoms in total. The van der Waals surface area contributed by atoms with Crippen LogP contribution in [0, 0.1) is 12.7 Å². The van der Waals surface area contributed by atoms with Crippen LogP contribution in [0.3, 0.4) is 0 Å². The Morgan fingerprint density at radius 1 is 1.03 bits per heavy atom. The van der Waals surface area contributed by atoms with Crippen LogP contribution in [0.2, 0.25) is 0 Å². The first-order valence-electron chi connectivity index (χ1n) is 11.1. The van der Waals surface area contributed by atoms with Gasteiger partial charge >= 0.3 is 6.18 Å². The number of aryl methyl sites for hydroxylation is 1. The van der Waals surface area contributed by atoms with E-state index in [9.17, 15) is 27.2 Å². The number of halogens is 4. The van der Waals surface area contributed by atoms with Gasteiger partial charge in [0.15, 0.2) is 0 Å². The maximum atomic E-state index is 13.4. The summed E-state index contributed by atoms with van der Waals surface area (Å²) in [6.45, 7) is 2.23. The molecule has 0 aliphatic heterocycles. The second-order valence-electron chi connectivity index (χ2n) is 8.65. The van der Waals surface area contributed by atoms with Gasteiger partial charge in [-0.05, 0) is 72.7 Å². The van der Waals surface area contributed by atoms with Gasteiger partial charge in [-0.1, -0.05) is 18.2 Å². The molecule has 1 fully saturated rings. The molecule has 2 amide bonds. The smallest absolute Gasteiger partial charge is 0.332 e. The van der Waals surface area contributed by atoms with Gasteiger partial charge in [0.2, 0.25) is 5.91 Å². The number of amides is 2. The van der Waals surface area contributed by atoms with Crippen molar-refractivity contribution in [2.45, 2.75) is 45.1 Å². The van der Waals surface area contributed by atoms with Gasteiger partial charge in [0.05, 0.1) is 12.1 Å². The van der Waals surface area contributed by atoms with E-state index in [1.807, 2.05) is 18.4 Å². The van der Waals surface area contributed by atoms with Gasteiger partial charge in [0.1, 0.15) is 12.4 Å². The van der Waals surface area contributed by atoms with Crippen molar-refractivity contribution in [1.82, 2.24) is 9.80 Å². The molecule has 35 heavy (non-hydrogen) atoms. The molecule has 1 aliphatic rings. The number of rotatable bonds is 8. The van der Waals surface area contributed by atoms with Crippen LogP contribution in [0.25, 0.3) is 0 Å². The molecule has 0 N–H and O–H groups in total. The van der Waals surface area contributed by atoms with Gasteiger partial charge in [-0.2, -0.15) is 13.2 Å². The zero-order chi connectivity index (χ0) is 25.2. The fourth-order valence-corrected chi connectivity index (χ4v) is 4.70. The molecule has 9 heteroatoms. The van der Waals surface area contributed by atoms with E-state index in [-0.39, 0.29) is 36.4 Å². The first-order chi connectivity index (χ1) is 16.6. The summed E-state index contributed by atoms with van der Waals surface area (Å²) in [7, 11) is 0. The molecule has 2 aromatic carbocycles. The van der Waals surface area contributed by atoms with Crippen LogP contribution < -0.4 is 0 Å². The molecule has 0 atom stereocenters. The third-order valence-electron chi connectivity index (χ3n) is 5.93. The molecule has 1 heterocycles. The fourth-order valence-electron chi connectivity index (χ4n) is 3.77. The first kappa shape index (κ1) is 24.9. The lowest BCUT2D eigenvalue weighted by Crippen LogP contribution is -2.43. The number of hydrogen-bond donors (Lipinski definition) is 0. The maximum Gasteiger partial charge on any atom is 0.416 e. The van der Waals surface area contributed by atoms with E-state index in [1.165, 1.54) is 40.5 Å². The Balaban J connectivity index is 1.56. The Labute approximate surface area is 204 Å². The predicted octanol–water partition coefficient (Wildman–Crippen LogP) is 6.05. The highest BCUT2D eigenvalue weighted by Crippen LogP contribution is 2.32. The molecule has 0 saturated heterocycles. The predicted molar refractivity (Wildman–Crippen MR) is 125 cm³/mol. The Kier molecular flexibility index (Phi) is 7.25. The SMILES string of the molecule is Cc1ccsc1CN(Cc1ccc(F)cc1)C(=O)CN(C(=O)c1cccc(C(F)(F)F)c1)C1CC1. The monoisotopic (exact) mass is 504 g/mol. The second kappa shape index (κ2) is 10.2. The summed E-state index contributed by atoms with van der Waals surface area (Å²) in [6.07, 6.45) is -3.18. The van der Waals surface area contributed by atoms with Crippen LogP contribution in [-0.4, -0.2) is 34.2 Å². The highest BCUT2D eigenvalue weighted by Gasteiger charge is 2.37. The summed E-state index contributed by atoms with van der Waals surface area (Å²) < 4.78 is 52.8. The van der Waals surface area contributed by atoms with Gasteiger partial charge in [-0.15, -0.1) is 11.3 Å². The molecule has 0 unspecified atom stereocenters. The lowest BCUT2D eigenvalue weighted by Gasteiger charge is -2.28. The minimum atomic E-state index is -4.57. The molecular weight excluding hydrogens is 480 g/mol. The van der Waals surface area contributed by atoms with Gasteiger partial charge in [0.25, 0.3) is 5.91 Å². The van der Waals surface area contributed by atoms with Gasteiger partial charge < -0.3 is 9.80 Å². The largest absolute Gasteiger partial charge is 0.416 e. The van der Waals surface area contributed by atoms with E-state index >= 15 is 0 Å². The molecule has 1 saturated carbocycles. The van der Waals surface area contributed by atoms with Crippen molar-refractivity contribution in [1.29, 1.82) is 0 Å². The highest BCUT2D eigenvalue weighted by atomic mass is 32.1. The summed E-state index contributed by atoms with van der Waals surface area (Å²) >= 11 is 1.51. The molecule has 0 radical (unpaired) electrons. The van der Waals surface area contributed by atoms with Gasteiger partial charge in [0, 0.05) is 23.0 Å². The lowest BCUT2D eigenvalue weighted by atomic mass is 10.1. The number of nitrogens with zero attached hydrogens (tertiary/aromatic N) is 2. The van der Waals surface area contributed by atoms with Crippen molar-refractivity contribution >= 4 is 23.2 Å². The number of thiophene rings is 1. The van der Waals surface area contributed by atoms with E-state index in [4.69, 9.17) is 0 Å². The summed E-state index contributed by atoms with van der Waals surface area (Å²) in [4.78, 5) is 30.6. The van der Waals surface area contributed by atoms with Gasteiger partial charge in [-0.3, -0.25) is 9.59 Å². The van der Waals surface area contributed by atoms with E-state index in [0.717, 1.165) is 28.1 Å². The minimum absolute atomic E-state index is 0.0984. The summed E-state index contributed by atoms with van der Waals surface area (Å²) in [5.74, 6) is -1.30.